The van der Waals surface area contributed by atoms with Crippen LogP contribution in [-0.4, -0.2) is 38.7 Å². The molecule has 3 nitrogen and oxygen atoms in total. The normalized spacial score (nSPS) is 25.8. The summed E-state index contributed by atoms with van der Waals surface area (Å²) in [6, 6.07) is 7.14. The molecule has 1 heterocycles. The van der Waals surface area contributed by atoms with E-state index in [9.17, 15) is 0 Å². The highest BCUT2D eigenvalue weighted by Gasteiger charge is 2.28. The Bertz CT molecular complexity index is 454. The average molecular weight is 274 g/mol. The van der Waals surface area contributed by atoms with Crippen molar-refractivity contribution >= 4 is 0 Å². The van der Waals surface area contributed by atoms with Crippen molar-refractivity contribution in [1.82, 2.24) is 10.2 Å². The third kappa shape index (κ3) is 2.84. The molecule has 2 unspecified atom stereocenters. The highest BCUT2D eigenvalue weighted by atomic mass is 16.5. The predicted octanol–water partition coefficient (Wildman–Crippen LogP) is 2.61. The highest BCUT2D eigenvalue weighted by molar-refractivity contribution is 5.40. The van der Waals surface area contributed by atoms with Crippen LogP contribution < -0.4 is 10.1 Å². The SMILES string of the molecule is COc1ccc2c(c1)C(N(C)CC1CCCNC1)CC2. The summed E-state index contributed by atoms with van der Waals surface area (Å²) in [7, 11) is 4.04. The van der Waals surface area contributed by atoms with Crippen molar-refractivity contribution in [3.8, 4) is 5.75 Å². The lowest BCUT2D eigenvalue weighted by Crippen LogP contribution is -2.37. The smallest absolute Gasteiger partial charge is 0.119 e. The van der Waals surface area contributed by atoms with Gasteiger partial charge in [-0.05, 0) is 75.0 Å². The lowest BCUT2D eigenvalue weighted by atomic mass is 9.98. The lowest BCUT2D eigenvalue weighted by molar-refractivity contribution is 0.188. The second-order valence-electron chi connectivity index (χ2n) is 6.27. The van der Waals surface area contributed by atoms with Crippen LogP contribution in [0, 0.1) is 5.92 Å². The van der Waals surface area contributed by atoms with Gasteiger partial charge in [-0.2, -0.15) is 0 Å². The van der Waals surface area contributed by atoms with E-state index in [1.54, 1.807) is 7.11 Å². The van der Waals surface area contributed by atoms with Gasteiger partial charge in [-0.15, -0.1) is 0 Å². The Labute approximate surface area is 122 Å². The van der Waals surface area contributed by atoms with Gasteiger partial charge in [0.1, 0.15) is 5.75 Å². The fourth-order valence-corrected chi connectivity index (χ4v) is 3.76. The van der Waals surface area contributed by atoms with Gasteiger partial charge in [-0.1, -0.05) is 6.07 Å². The van der Waals surface area contributed by atoms with Crippen LogP contribution in [0.4, 0.5) is 0 Å². The third-order valence-corrected chi connectivity index (χ3v) is 4.88. The van der Waals surface area contributed by atoms with Crippen molar-refractivity contribution in [2.24, 2.45) is 5.92 Å². The molecule has 1 saturated heterocycles. The molecule has 3 heteroatoms. The topological polar surface area (TPSA) is 24.5 Å². The van der Waals surface area contributed by atoms with E-state index in [1.165, 1.54) is 56.4 Å². The zero-order chi connectivity index (χ0) is 13.9. The molecular formula is C17H26N2O. The first kappa shape index (κ1) is 13.9. The van der Waals surface area contributed by atoms with Crippen LogP contribution in [0.25, 0.3) is 0 Å². The van der Waals surface area contributed by atoms with Crippen LogP contribution in [-0.2, 0) is 6.42 Å². The highest BCUT2D eigenvalue weighted by Crippen LogP contribution is 2.37. The molecule has 1 aromatic carbocycles. The Morgan fingerprint density at radius 2 is 2.25 bits per heavy atom. The van der Waals surface area contributed by atoms with Crippen molar-refractivity contribution in [3.63, 3.8) is 0 Å². The molecule has 1 aliphatic carbocycles. The van der Waals surface area contributed by atoms with Crippen molar-refractivity contribution < 1.29 is 4.74 Å². The van der Waals surface area contributed by atoms with Crippen LogP contribution in [0.5, 0.6) is 5.75 Å². The van der Waals surface area contributed by atoms with Gasteiger partial charge in [0.2, 0.25) is 0 Å². The summed E-state index contributed by atoms with van der Waals surface area (Å²) < 4.78 is 5.39. The lowest BCUT2D eigenvalue weighted by Gasteiger charge is -2.31. The summed E-state index contributed by atoms with van der Waals surface area (Å²) in [5.41, 5.74) is 2.99. The number of nitrogens with zero attached hydrogens (tertiary/aromatic N) is 1. The number of fused-ring (bicyclic) bond motifs is 1. The molecule has 0 radical (unpaired) electrons. The molecule has 1 fully saturated rings. The van der Waals surface area contributed by atoms with Gasteiger partial charge in [0.25, 0.3) is 0 Å². The predicted molar refractivity (Wildman–Crippen MR) is 82.3 cm³/mol. The molecule has 2 atom stereocenters. The minimum atomic E-state index is 0.571. The summed E-state index contributed by atoms with van der Waals surface area (Å²) in [5, 5.41) is 3.52. The number of aryl methyl sites for hydroxylation is 1. The minimum Gasteiger partial charge on any atom is -0.497 e. The number of ether oxygens (including phenoxy) is 1. The summed E-state index contributed by atoms with van der Waals surface area (Å²) in [6.45, 7) is 3.58. The second kappa shape index (κ2) is 6.15. The van der Waals surface area contributed by atoms with Crippen molar-refractivity contribution in [3.05, 3.63) is 29.3 Å². The molecule has 1 aromatic rings. The molecule has 0 amide bonds. The van der Waals surface area contributed by atoms with Crippen LogP contribution in [0.3, 0.4) is 0 Å². The molecule has 110 valence electrons. The maximum absolute atomic E-state index is 5.39. The minimum absolute atomic E-state index is 0.571. The van der Waals surface area contributed by atoms with Gasteiger partial charge in [0.05, 0.1) is 7.11 Å². The molecule has 0 bridgehead atoms. The fraction of sp³-hybridized carbons (Fsp3) is 0.647. The Morgan fingerprint density at radius 3 is 3.00 bits per heavy atom. The number of hydrogen-bond acceptors (Lipinski definition) is 3. The number of nitrogens with one attached hydrogen (secondary N) is 1. The quantitative estimate of drug-likeness (QED) is 0.913. The zero-order valence-electron chi connectivity index (χ0n) is 12.7. The Morgan fingerprint density at radius 1 is 1.35 bits per heavy atom. The van der Waals surface area contributed by atoms with E-state index in [2.05, 4.69) is 35.5 Å². The van der Waals surface area contributed by atoms with Gasteiger partial charge >= 0.3 is 0 Å². The number of methoxy groups -OCH3 is 1. The maximum atomic E-state index is 5.39. The van der Waals surface area contributed by atoms with Gasteiger partial charge in [-0.25, -0.2) is 0 Å². The summed E-state index contributed by atoms with van der Waals surface area (Å²) in [6.07, 6.45) is 5.15. The third-order valence-electron chi connectivity index (χ3n) is 4.88. The van der Waals surface area contributed by atoms with E-state index >= 15 is 0 Å². The van der Waals surface area contributed by atoms with E-state index in [0.717, 1.165) is 11.7 Å². The van der Waals surface area contributed by atoms with E-state index in [-0.39, 0.29) is 0 Å². The standard InChI is InChI=1S/C17H26N2O/c1-19(12-13-4-3-9-18-11-13)17-8-6-14-5-7-15(20-2)10-16(14)17/h5,7,10,13,17-18H,3-4,6,8-9,11-12H2,1-2H3. The van der Waals surface area contributed by atoms with Crippen molar-refractivity contribution in [1.29, 1.82) is 0 Å². The van der Waals surface area contributed by atoms with E-state index in [1.807, 2.05) is 0 Å². The van der Waals surface area contributed by atoms with Crippen molar-refractivity contribution in [2.45, 2.75) is 31.7 Å². The van der Waals surface area contributed by atoms with Crippen molar-refractivity contribution in [2.75, 3.05) is 33.8 Å². The van der Waals surface area contributed by atoms with E-state index in [4.69, 9.17) is 4.74 Å². The number of rotatable bonds is 4. The first-order valence-corrected chi connectivity index (χ1v) is 7.85. The van der Waals surface area contributed by atoms with Crippen LogP contribution in [0.15, 0.2) is 18.2 Å². The fourth-order valence-electron chi connectivity index (χ4n) is 3.76. The van der Waals surface area contributed by atoms with Gasteiger partial charge in [-0.3, -0.25) is 4.90 Å². The van der Waals surface area contributed by atoms with Gasteiger partial charge < -0.3 is 10.1 Å². The summed E-state index contributed by atoms with van der Waals surface area (Å²) >= 11 is 0. The van der Waals surface area contributed by atoms with Crippen LogP contribution in [0.2, 0.25) is 0 Å². The largest absolute Gasteiger partial charge is 0.497 e. The van der Waals surface area contributed by atoms with E-state index < -0.39 is 0 Å². The second-order valence-corrected chi connectivity index (χ2v) is 6.27. The zero-order valence-corrected chi connectivity index (χ0v) is 12.7. The molecule has 0 aromatic heterocycles. The first-order chi connectivity index (χ1) is 9.78. The summed E-state index contributed by atoms with van der Waals surface area (Å²) in [4.78, 5) is 2.56. The van der Waals surface area contributed by atoms with E-state index in [0.29, 0.717) is 6.04 Å². The Hall–Kier alpha value is -1.06. The first-order valence-electron chi connectivity index (χ1n) is 7.85. The average Bonchev–Trinajstić information content (AvgIpc) is 2.91. The monoisotopic (exact) mass is 274 g/mol. The van der Waals surface area contributed by atoms with Crippen LogP contribution >= 0.6 is 0 Å². The Kier molecular flexibility index (Phi) is 4.27. The molecule has 3 rings (SSSR count). The van der Waals surface area contributed by atoms with Crippen LogP contribution in [0.1, 0.15) is 36.4 Å². The molecule has 2 aliphatic rings. The number of piperidine rings is 1. The number of benzene rings is 1. The molecular weight excluding hydrogens is 248 g/mol. The molecule has 1 N–H and O–H groups in total. The van der Waals surface area contributed by atoms with Gasteiger partial charge in [0.15, 0.2) is 0 Å². The number of hydrogen-bond donors (Lipinski definition) is 1. The molecule has 0 saturated carbocycles. The van der Waals surface area contributed by atoms with Gasteiger partial charge in [0, 0.05) is 12.6 Å². The summed E-state index contributed by atoms with van der Waals surface area (Å²) in [5.74, 6) is 1.80. The molecule has 1 aliphatic heterocycles. The molecule has 0 spiro atoms. The Balaban J connectivity index is 1.69. The maximum Gasteiger partial charge on any atom is 0.119 e. The molecule has 20 heavy (non-hydrogen) atoms.